The van der Waals surface area contributed by atoms with Crippen LogP contribution in [0.4, 0.5) is 0 Å². The van der Waals surface area contributed by atoms with Crippen molar-refractivity contribution in [3.05, 3.63) is 28.8 Å². The van der Waals surface area contributed by atoms with E-state index in [0.29, 0.717) is 17.1 Å². The average Bonchev–Trinajstić information content (AvgIpc) is 2.26. The SMILES string of the molecule is CC(C)(C)CNS(=O)(=O)c1ccc(Cl)c(CN)c1. The predicted octanol–water partition coefficient (Wildman–Crippen LogP) is 2.12. The summed E-state index contributed by atoms with van der Waals surface area (Å²) in [7, 11) is -3.51. The van der Waals surface area contributed by atoms with Gasteiger partial charge in [0, 0.05) is 18.1 Å². The van der Waals surface area contributed by atoms with E-state index in [1.54, 1.807) is 6.07 Å². The van der Waals surface area contributed by atoms with Crippen LogP contribution in [-0.2, 0) is 16.6 Å². The van der Waals surface area contributed by atoms with Crippen molar-refractivity contribution in [1.29, 1.82) is 0 Å². The Kier molecular flexibility index (Phi) is 4.78. The zero-order valence-corrected chi connectivity index (χ0v) is 12.4. The monoisotopic (exact) mass is 290 g/mol. The topological polar surface area (TPSA) is 72.2 Å². The summed E-state index contributed by atoms with van der Waals surface area (Å²) in [5.41, 5.74) is 6.01. The summed E-state index contributed by atoms with van der Waals surface area (Å²) in [6.07, 6.45) is 0. The molecule has 1 aromatic carbocycles. The molecule has 0 atom stereocenters. The van der Waals surface area contributed by atoms with Gasteiger partial charge >= 0.3 is 0 Å². The van der Waals surface area contributed by atoms with Crippen molar-refractivity contribution in [3.63, 3.8) is 0 Å². The molecule has 18 heavy (non-hydrogen) atoms. The molecule has 3 N–H and O–H groups in total. The third-order valence-electron chi connectivity index (χ3n) is 2.34. The second-order valence-corrected chi connectivity index (χ2v) is 7.52. The van der Waals surface area contributed by atoms with Crippen LogP contribution in [-0.4, -0.2) is 15.0 Å². The Balaban J connectivity index is 2.99. The first-order valence-corrected chi connectivity index (χ1v) is 7.50. The third kappa shape index (κ3) is 4.24. The van der Waals surface area contributed by atoms with E-state index < -0.39 is 10.0 Å². The van der Waals surface area contributed by atoms with E-state index in [9.17, 15) is 8.42 Å². The molecule has 0 aliphatic rings. The molecule has 0 saturated carbocycles. The molecule has 0 aliphatic heterocycles. The van der Waals surface area contributed by atoms with Gasteiger partial charge in [0.1, 0.15) is 0 Å². The second-order valence-electron chi connectivity index (χ2n) is 5.34. The Labute approximate surface area is 114 Å². The molecule has 6 heteroatoms. The Bertz CT molecular complexity index is 521. The summed E-state index contributed by atoms with van der Waals surface area (Å²) in [6.45, 7) is 6.46. The highest BCUT2D eigenvalue weighted by atomic mass is 35.5. The van der Waals surface area contributed by atoms with Crippen LogP contribution in [0.2, 0.25) is 5.02 Å². The van der Waals surface area contributed by atoms with E-state index in [2.05, 4.69) is 4.72 Å². The van der Waals surface area contributed by atoms with Gasteiger partial charge in [-0.25, -0.2) is 13.1 Å². The lowest BCUT2D eigenvalue weighted by molar-refractivity contribution is 0.407. The largest absolute Gasteiger partial charge is 0.326 e. The lowest BCUT2D eigenvalue weighted by Gasteiger charge is -2.19. The molecule has 0 heterocycles. The summed E-state index contributed by atoms with van der Waals surface area (Å²) in [5.74, 6) is 0. The average molecular weight is 291 g/mol. The fraction of sp³-hybridized carbons (Fsp3) is 0.500. The molecular weight excluding hydrogens is 272 g/mol. The van der Waals surface area contributed by atoms with Crippen molar-refractivity contribution >= 4 is 21.6 Å². The lowest BCUT2D eigenvalue weighted by Crippen LogP contribution is -2.32. The molecule has 4 nitrogen and oxygen atoms in total. The van der Waals surface area contributed by atoms with Crippen molar-refractivity contribution in [2.24, 2.45) is 11.1 Å². The Morgan fingerprint density at radius 3 is 2.44 bits per heavy atom. The Morgan fingerprint density at radius 2 is 1.94 bits per heavy atom. The van der Waals surface area contributed by atoms with Gasteiger partial charge in [-0.1, -0.05) is 32.4 Å². The molecule has 0 spiro atoms. The molecule has 0 fully saturated rings. The first-order chi connectivity index (χ1) is 8.15. The molecule has 0 radical (unpaired) electrons. The van der Waals surface area contributed by atoms with Gasteiger partial charge in [0.2, 0.25) is 10.0 Å². The van der Waals surface area contributed by atoms with Crippen LogP contribution in [0, 0.1) is 5.41 Å². The Hall–Kier alpha value is -0.620. The lowest BCUT2D eigenvalue weighted by atomic mass is 9.98. The van der Waals surface area contributed by atoms with Gasteiger partial charge in [-0.3, -0.25) is 0 Å². The zero-order chi connectivity index (χ0) is 14.0. The van der Waals surface area contributed by atoms with Gasteiger partial charge in [-0.05, 0) is 29.2 Å². The maximum absolute atomic E-state index is 12.1. The van der Waals surface area contributed by atoms with Crippen molar-refractivity contribution in [3.8, 4) is 0 Å². The number of nitrogens with one attached hydrogen (secondary N) is 1. The van der Waals surface area contributed by atoms with Crippen molar-refractivity contribution in [2.45, 2.75) is 32.2 Å². The highest BCUT2D eigenvalue weighted by Crippen LogP contribution is 2.20. The minimum Gasteiger partial charge on any atom is -0.326 e. The number of rotatable bonds is 4. The van der Waals surface area contributed by atoms with E-state index in [1.165, 1.54) is 12.1 Å². The van der Waals surface area contributed by atoms with Crippen molar-refractivity contribution in [2.75, 3.05) is 6.54 Å². The van der Waals surface area contributed by atoms with Crippen LogP contribution in [0.25, 0.3) is 0 Å². The van der Waals surface area contributed by atoms with E-state index in [1.807, 2.05) is 20.8 Å². The second kappa shape index (κ2) is 5.57. The van der Waals surface area contributed by atoms with Crippen LogP contribution in [0.5, 0.6) is 0 Å². The van der Waals surface area contributed by atoms with Gasteiger partial charge in [0.05, 0.1) is 4.90 Å². The van der Waals surface area contributed by atoms with E-state index in [0.717, 1.165) is 0 Å². The van der Waals surface area contributed by atoms with Crippen LogP contribution in [0.1, 0.15) is 26.3 Å². The van der Waals surface area contributed by atoms with Crippen LogP contribution >= 0.6 is 11.6 Å². The van der Waals surface area contributed by atoms with Crippen LogP contribution in [0.15, 0.2) is 23.1 Å². The number of benzene rings is 1. The molecule has 0 amide bonds. The Morgan fingerprint density at radius 1 is 1.33 bits per heavy atom. The van der Waals surface area contributed by atoms with Crippen LogP contribution in [0.3, 0.4) is 0 Å². The molecule has 0 aliphatic carbocycles. The first-order valence-electron chi connectivity index (χ1n) is 5.64. The molecule has 0 aromatic heterocycles. The summed E-state index contributed by atoms with van der Waals surface area (Å²) in [5, 5.41) is 0.479. The smallest absolute Gasteiger partial charge is 0.240 e. The van der Waals surface area contributed by atoms with E-state index >= 15 is 0 Å². The standard InChI is InChI=1S/C12H19ClN2O2S/c1-12(2,3)8-15-18(16,17)10-4-5-11(13)9(6-10)7-14/h4-6,15H,7-8,14H2,1-3H3. The summed E-state index contributed by atoms with van der Waals surface area (Å²) in [6, 6.07) is 4.54. The third-order valence-corrected chi connectivity index (χ3v) is 4.11. The molecule has 102 valence electrons. The highest BCUT2D eigenvalue weighted by molar-refractivity contribution is 7.89. The molecule has 0 bridgehead atoms. The fourth-order valence-corrected chi connectivity index (χ4v) is 2.80. The number of hydrogen-bond acceptors (Lipinski definition) is 3. The quantitative estimate of drug-likeness (QED) is 0.892. The van der Waals surface area contributed by atoms with Crippen molar-refractivity contribution < 1.29 is 8.42 Å². The zero-order valence-electron chi connectivity index (χ0n) is 10.8. The number of halogens is 1. The predicted molar refractivity (Wildman–Crippen MR) is 74.0 cm³/mol. The highest BCUT2D eigenvalue weighted by Gasteiger charge is 2.19. The van der Waals surface area contributed by atoms with Gasteiger partial charge in [0.25, 0.3) is 0 Å². The van der Waals surface area contributed by atoms with Gasteiger partial charge in [-0.2, -0.15) is 0 Å². The van der Waals surface area contributed by atoms with Gasteiger partial charge in [0.15, 0.2) is 0 Å². The normalized spacial score (nSPS) is 12.7. The molecule has 1 rings (SSSR count). The minimum absolute atomic E-state index is 0.115. The van der Waals surface area contributed by atoms with Gasteiger partial charge < -0.3 is 5.73 Å². The minimum atomic E-state index is -3.51. The molecular formula is C12H19ClN2O2S. The summed E-state index contributed by atoms with van der Waals surface area (Å²) < 4.78 is 26.7. The maximum Gasteiger partial charge on any atom is 0.240 e. The summed E-state index contributed by atoms with van der Waals surface area (Å²) in [4.78, 5) is 0.191. The van der Waals surface area contributed by atoms with E-state index in [4.69, 9.17) is 17.3 Å². The van der Waals surface area contributed by atoms with Crippen molar-refractivity contribution in [1.82, 2.24) is 4.72 Å². The van der Waals surface area contributed by atoms with E-state index in [-0.39, 0.29) is 16.9 Å². The fourth-order valence-electron chi connectivity index (χ4n) is 1.27. The number of sulfonamides is 1. The van der Waals surface area contributed by atoms with Crippen LogP contribution < -0.4 is 10.5 Å². The van der Waals surface area contributed by atoms with Gasteiger partial charge in [-0.15, -0.1) is 0 Å². The molecule has 1 aromatic rings. The summed E-state index contributed by atoms with van der Waals surface area (Å²) >= 11 is 5.90. The molecule has 0 saturated heterocycles. The molecule has 0 unspecified atom stereocenters. The first kappa shape index (κ1) is 15.4. The number of hydrogen-bond donors (Lipinski definition) is 2. The maximum atomic E-state index is 12.1. The number of nitrogens with two attached hydrogens (primary N) is 1.